The van der Waals surface area contributed by atoms with Crippen molar-refractivity contribution in [3.63, 3.8) is 0 Å². The maximum Gasteiger partial charge on any atom is 0.241 e. The van der Waals surface area contributed by atoms with E-state index in [9.17, 15) is 8.42 Å². The number of aryl methyl sites for hydroxylation is 4. The van der Waals surface area contributed by atoms with E-state index in [2.05, 4.69) is 14.3 Å². The third kappa shape index (κ3) is 3.32. The first-order valence-electron chi connectivity index (χ1n) is 8.10. The lowest BCUT2D eigenvalue weighted by Gasteiger charge is -2.12. The fraction of sp³-hybridized carbons (Fsp3) is 0.471. The van der Waals surface area contributed by atoms with Crippen molar-refractivity contribution in [1.82, 2.24) is 14.3 Å². The minimum absolute atomic E-state index is 0.201. The Bertz CT molecular complexity index is 833. The summed E-state index contributed by atoms with van der Waals surface area (Å²) in [6, 6.07) is 3.40. The zero-order valence-electron chi connectivity index (χ0n) is 14.3. The van der Waals surface area contributed by atoms with Crippen molar-refractivity contribution < 1.29 is 13.2 Å². The Morgan fingerprint density at radius 1 is 1.25 bits per heavy atom. The van der Waals surface area contributed by atoms with Crippen LogP contribution in [-0.2, 0) is 29.5 Å². The predicted octanol–water partition coefficient (Wildman–Crippen LogP) is 2.32. The van der Waals surface area contributed by atoms with Crippen LogP contribution in [-0.4, -0.2) is 25.1 Å². The summed E-state index contributed by atoms with van der Waals surface area (Å²) in [7, 11) is -2.01. The summed E-state index contributed by atoms with van der Waals surface area (Å²) in [5.41, 5.74) is 2.22. The number of fused-ring (bicyclic) bond motifs is 1. The van der Waals surface area contributed by atoms with Gasteiger partial charge in [-0.3, -0.25) is 0 Å². The van der Waals surface area contributed by atoms with Gasteiger partial charge in [0.05, 0.1) is 24.2 Å². The summed E-state index contributed by atoms with van der Waals surface area (Å²) in [5.74, 6) is 1.74. The normalized spacial score (nSPS) is 14.5. The van der Waals surface area contributed by atoms with Crippen LogP contribution in [0.2, 0.25) is 0 Å². The first-order valence-corrected chi connectivity index (χ1v) is 9.59. The van der Waals surface area contributed by atoms with Crippen LogP contribution in [0.1, 0.15) is 35.5 Å². The summed E-state index contributed by atoms with van der Waals surface area (Å²) in [6.07, 6.45) is 5.21. The van der Waals surface area contributed by atoms with Gasteiger partial charge >= 0.3 is 0 Å². The lowest BCUT2D eigenvalue weighted by atomic mass is 10.1. The Balaban J connectivity index is 1.79. The SMILES string of the molecule is COc1cc(C)c(S(=O)(=O)NCc2cn3c(n2)CCCC3)cc1C. The van der Waals surface area contributed by atoms with Crippen LogP contribution in [0, 0.1) is 13.8 Å². The van der Waals surface area contributed by atoms with Gasteiger partial charge in [-0.05, 0) is 49.9 Å². The van der Waals surface area contributed by atoms with E-state index < -0.39 is 10.0 Å². The molecule has 2 heterocycles. The third-order valence-electron chi connectivity index (χ3n) is 4.38. The Labute approximate surface area is 142 Å². The van der Waals surface area contributed by atoms with Crippen LogP contribution in [0.5, 0.6) is 5.75 Å². The van der Waals surface area contributed by atoms with Gasteiger partial charge in [0.15, 0.2) is 0 Å². The van der Waals surface area contributed by atoms with E-state index in [1.807, 2.05) is 13.1 Å². The quantitative estimate of drug-likeness (QED) is 0.899. The molecule has 1 aliphatic heterocycles. The molecule has 0 fully saturated rings. The molecule has 7 heteroatoms. The molecule has 0 amide bonds. The number of aromatic nitrogens is 2. The van der Waals surface area contributed by atoms with Crippen LogP contribution >= 0.6 is 0 Å². The zero-order valence-corrected chi connectivity index (χ0v) is 15.1. The number of hydrogen-bond acceptors (Lipinski definition) is 4. The van der Waals surface area contributed by atoms with E-state index in [-0.39, 0.29) is 11.4 Å². The van der Waals surface area contributed by atoms with Crippen LogP contribution in [0.15, 0.2) is 23.2 Å². The molecule has 0 saturated carbocycles. The molecule has 24 heavy (non-hydrogen) atoms. The highest BCUT2D eigenvalue weighted by molar-refractivity contribution is 7.89. The van der Waals surface area contributed by atoms with Gasteiger partial charge in [0.2, 0.25) is 10.0 Å². The number of hydrogen-bond donors (Lipinski definition) is 1. The van der Waals surface area contributed by atoms with Crippen LogP contribution in [0.4, 0.5) is 0 Å². The van der Waals surface area contributed by atoms with Crippen molar-refractivity contribution in [2.45, 2.75) is 51.1 Å². The summed E-state index contributed by atoms with van der Waals surface area (Å²) in [4.78, 5) is 4.81. The average Bonchev–Trinajstić information content (AvgIpc) is 2.97. The number of benzene rings is 1. The predicted molar refractivity (Wildman–Crippen MR) is 91.7 cm³/mol. The fourth-order valence-electron chi connectivity index (χ4n) is 3.08. The van der Waals surface area contributed by atoms with E-state index in [0.29, 0.717) is 11.3 Å². The summed E-state index contributed by atoms with van der Waals surface area (Å²) in [5, 5.41) is 0. The zero-order chi connectivity index (χ0) is 17.3. The second-order valence-corrected chi connectivity index (χ2v) is 7.95. The summed E-state index contributed by atoms with van der Waals surface area (Å²) >= 11 is 0. The van der Waals surface area contributed by atoms with Gasteiger partial charge in [0.1, 0.15) is 11.6 Å². The number of sulfonamides is 1. The van der Waals surface area contributed by atoms with Crippen molar-refractivity contribution in [2.75, 3.05) is 7.11 Å². The van der Waals surface area contributed by atoms with Gasteiger partial charge < -0.3 is 9.30 Å². The molecule has 1 N–H and O–H groups in total. The molecule has 1 aromatic heterocycles. The maximum atomic E-state index is 12.6. The number of nitrogens with zero attached hydrogens (tertiary/aromatic N) is 2. The minimum Gasteiger partial charge on any atom is -0.496 e. The van der Waals surface area contributed by atoms with E-state index in [0.717, 1.165) is 42.9 Å². The number of methoxy groups -OCH3 is 1. The minimum atomic E-state index is -3.59. The maximum absolute atomic E-state index is 12.6. The van der Waals surface area contributed by atoms with Gasteiger partial charge in [-0.25, -0.2) is 18.1 Å². The van der Waals surface area contributed by atoms with Crippen molar-refractivity contribution in [3.8, 4) is 5.75 Å². The van der Waals surface area contributed by atoms with E-state index >= 15 is 0 Å². The van der Waals surface area contributed by atoms with Gasteiger partial charge in [-0.2, -0.15) is 0 Å². The molecule has 1 aliphatic rings. The van der Waals surface area contributed by atoms with Crippen LogP contribution in [0.25, 0.3) is 0 Å². The number of nitrogens with one attached hydrogen (secondary N) is 1. The molecular weight excluding hydrogens is 326 g/mol. The molecule has 2 aromatic rings. The molecule has 0 radical (unpaired) electrons. The van der Waals surface area contributed by atoms with Crippen LogP contribution < -0.4 is 9.46 Å². The van der Waals surface area contributed by atoms with Gasteiger partial charge in [0.25, 0.3) is 0 Å². The van der Waals surface area contributed by atoms with Crippen molar-refractivity contribution in [1.29, 1.82) is 0 Å². The molecule has 130 valence electrons. The van der Waals surface area contributed by atoms with E-state index in [4.69, 9.17) is 4.74 Å². The highest BCUT2D eigenvalue weighted by Gasteiger charge is 2.20. The number of ether oxygens (including phenoxy) is 1. The van der Waals surface area contributed by atoms with Crippen molar-refractivity contribution >= 4 is 10.0 Å². The Kier molecular flexibility index (Phi) is 4.64. The number of rotatable bonds is 5. The summed E-state index contributed by atoms with van der Waals surface area (Å²) < 4.78 is 35.3. The topological polar surface area (TPSA) is 73.2 Å². The molecule has 6 nitrogen and oxygen atoms in total. The molecule has 0 aliphatic carbocycles. The van der Waals surface area contributed by atoms with Crippen LogP contribution in [0.3, 0.4) is 0 Å². The average molecular weight is 349 g/mol. The Hall–Kier alpha value is -1.86. The second-order valence-electron chi connectivity index (χ2n) is 6.21. The first-order chi connectivity index (χ1) is 11.4. The van der Waals surface area contributed by atoms with Gasteiger partial charge in [-0.1, -0.05) is 0 Å². The first kappa shape index (κ1) is 17.0. The highest BCUT2D eigenvalue weighted by atomic mass is 32.2. The van der Waals surface area contributed by atoms with Crippen molar-refractivity contribution in [2.24, 2.45) is 0 Å². The molecule has 0 spiro atoms. The molecule has 3 rings (SSSR count). The largest absolute Gasteiger partial charge is 0.496 e. The fourth-order valence-corrected chi connectivity index (χ4v) is 4.38. The Morgan fingerprint density at radius 2 is 2.04 bits per heavy atom. The molecule has 0 bridgehead atoms. The molecule has 0 saturated heterocycles. The molecule has 0 unspecified atom stereocenters. The molecule has 0 atom stereocenters. The Morgan fingerprint density at radius 3 is 2.75 bits per heavy atom. The van der Waals surface area contributed by atoms with Gasteiger partial charge in [0, 0.05) is 19.2 Å². The number of imidazole rings is 1. The lowest BCUT2D eigenvalue weighted by molar-refractivity contribution is 0.411. The lowest BCUT2D eigenvalue weighted by Crippen LogP contribution is -2.24. The highest BCUT2D eigenvalue weighted by Crippen LogP contribution is 2.25. The van der Waals surface area contributed by atoms with Crippen molar-refractivity contribution in [3.05, 3.63) is 41.0 Å². The summed E-state index contributed by atoms with van der Waals surface area (Å²) in [6.45, 7) is 4.77. The van der Waals surface area contributed by atoms with E-state index in [1.54, 1.807) is 26.2 Å². The standard InChI is InChI=1S/C17H23N3O3S/c1-12-9-16(13(2)8-15(12)23-3)24(21,22)18-10-14-11-20-7-5-4-6-17(20)19-14/h8-9,11,18H,4-7,10H2,1-3H3. The monoisotopic (exact) mass is 349 g/mol. The molecular formula is C17H23N3O3S. The van der Waals surface area contributed by atoms with Gasteiger partial charge in [-0.15, -0.1) is 0 Å². The third-order valence-corrected chi connectivity index (χ3v) is 5.93. The second kappa shape index (κ2) is 6.57. The smallest absolute Gasteiger partial charge is 0.241 e. The molecule has 1 aromatic carbocycles. The van der Waals surface area contributed by atoms with E-state index in [1.165, 1.54) is 0 Å².